The fourth-order valence-corrected chi connectivity index (χ4v) is 3.91. The third kappa shape index (κ3) is 3.48. The van der Waals surface area contributed by atoms with Crippen molar-refractivity contribution in [1.82, 2.24) is 4.90 Å². The van der Waals surface area contributed by atoms with Gasteiger partial charge in [0.2, 0.25) is 0 Å². The van der Waals surface area contributed by atoms with E-state index in [0.717, 1.165) is 18.2 Å². The Labute approximate surface area is 170 Å². The first-order valence-electron chi connectivity index (χ1n) is 9.00. The van der Waals surface area contributed by atoms with Gasteiger partial charge < -0.3 is 9.80 Å². The molecule has 2 aromatic rings. The average molecular weight is 425 g/mol. The van der Waals surface area contributed by atoms with Crippen molar-refractivity contribution >= 4 is 23.2 Å². The number of carbonyl (C=O) groups is 1. The van der Waals surface area contributed by atoms with Gasteiger partial charge in [-0.15, -0.1) is 0 Å². The smallest absolute Gasteiger partial charge is 0.355 e. The largest absolute Gasteiger partial charge is 0.416 e. The molecule has 2 aromatic carbocycles. The summed E-state index contributed by atoms with van der Waals surface area (Å²) in [5.74, 6) is -0.830. The highest BCUT2D eigenvalue weighted by Crippen LogP contribution is 2.49. The number of halogens is 5. The van der Waals surface area contributed by atoms with Crippen molar-refractivity contribution in [1.29, 1.82) is 0 Å². The molecule has 1 heterocycles. The zero-order valence-electron chi connectivity index (χ0n) is 15.3. The molecule has 0 bridgehead atoms. The Morgan fingerprint density at radius 1 is 1.10 bits per heavy atom. The molecule has 0 aromatic heterocycles. The predicted molar refractivity (Wildman–Crippen MR) is 102 cm³/mol. The van der Waals surface area contributed by atoms with Crippen LogP contribution in [-0.4, -0.2) is 22.9 Å². The summed E-state index contributed by atoms with van der Waals surface area (Å²) in [7, 11) is 0. The normalized spacial score (nSPS) is 18.5. The van der Waals surface area contributed by atoms with Crippen LogP contribution in [0.1, 0.15) is 24.0 Å². The minimum absolute atomic E-state index is 0.0970. The topological polar surface area (TPSA) is 23.6 Å². The van der Waals surface area contributed by atoms with Gasteiger partial charge in [-0.3, -0.25) is 4.79 Å². The van der Waals surface area contributed by atoms with Gasteiger partial charge in [0, 0.05) is 17.3 Å². The van der Waals surface area contributed by atoms with Crippen LogP contribution in [-0.2, 0) is 17.5 Å². The van der Waals surface area contributed by atoms with Crippen molar-refractivity contribution < 1.29 is 22.4 Å². The highest BCUT2D eigenvalue weighted by Gasteiger charge is 2.59. The van der Waals surface area contributed by atoms with Crippen molar-refractivity contribution in [3.63, 3.8) is 0 Å². The lowest BCUT2D eigenvalue weighted by Gasteiger charge is -2.44. The summed E-state index contributed by atoms with van der Waals surface area (Å²) in [5, 5.41) is 0.236. The Hall–Kier alpha value is -2.54. The van der Waals surface area contributed by atoms with Crippen molar-refractivity contribution in [3.8, 4) is 0 Å². The second kappa shape index (κ2) is 6.76. The van der Waals surface area contributed by atoms with E-state index in [1.165, 1.54) is 29.2 Å². The van der Waals surface area contributed by atoms with Gasteiger partial charge in [0.1, 0.15) is 11.4 Å². The Balaban J connectivity index is 1.58. The maximum atomic E-state index is 14.4. The number of piperazine rings is 1. The molecule has 1 saturated carbocycles. The molecular weight excluding hydrogens is 408 g/mol. The maximum Gasteiger partial charge on any atom is 0.416 e. The SMILES string of the molecule is C=C1CN(c2ccc(Cl)cc2F)C(=O)C2(CC2)N1Cc1ccc(C(F)(F)F)cc1. The molecule has 1 aliphatic carbocycles. The van der Waals surface area contributed by atoms with Crippen LogP contribution < -0.4 is 4.90 Å². The van der Waals surface area contributed by atoms with Crippen molar-refractivity contribution in [2.75, 3.05) is 11.4 Å². The molecule has 3 nitrogen and oxygen atoms in total. The van der Waals surface area contributed by atoms with Crippen molar-refractivity contribution in [2.24, 2.45) is 0 Å². The fourth-order valence-electron chi connectivity index (χ4n) is 3.75. The molecule has 4 rings (SSSR count). The molecule has 1 amide bonds. The first-order valence-corrected chi connectivity index (χ1v) is 9.38. The van der Waals surface area contributed by atoms with E-state index in [2.05, 4.69) is 6.58 Å². The van der Waals surface area contributed by atoms with Crippen LogP contribution in [0.15, 0.2) is 54.7 Å². The molecule has 1 spiro atoms. The number of benzene rings is 2. The predicted octanol–water partition coefficient (Wildman–Crippen LogP) is 5.39. The summed E-state index contributed by atoms with van der Waals surface area (Å²) >= 11 is 5.80. The number of hydrogen-bond donors (Lipinski definition) is 0. The summed E-state index contributed by atoms with van der Waals surface area (Å²) in [6, 6.07) is 9.00. The number of amides is 1. The average Bonchev–Trinajstić information content (AvgIpc) is 3.44. The van der Waals surface area contributed by atoms with Crippen LogP contribution in [0.5, 0.6) is 0 Å². The van der Waals surface area contributed by atoms with Crippen molar-refractivity contribution in [3.05, 3.63) is 76.7 Å². The van der Waals surface area contributed by atoms with Gasteiger partial charge in [-0.1, -0.05) is 30.3 Å². The quantitative estimate of drug-likeness (QED) is 0.616. The lowest BCUT2D eigenvalue weighted by molar-refractivity contribution is -0.137. The summed E-state index contributed by atoms with van der Waals surface area (Å²) in [4.78, 5) is 16.4. The highest BCUT2D eigenvalue weighted by atomic mass is 35.5. The Morgan fingerprint density at radius 3 is 2.31 bits per heavy atom. The Morgan fingerprint density at radius 2 is 1.76 bits per heavy atom. The second-order valence-corrected chi connectivity index (χ2v) is 7.80. The number of anilines is 1. The Kier molecular flexibility index (Phi) is 4.61. The minimum atomic E-state index is -4.40. The molecule has 0 N–H and O–H groups in total. The van der Waals surface area contributed by atoms with Gasteiger partial charge >= 0.3 is 6.18 Å². The molecule has 29 heavy (non-hydrogen) atoms. The summed E-state index contributed by atoms with van der Waals surface area (Å²) in [5.41, 5.74) is -0.161. The van der Waals surface area contributed by atoms with E-state index in [9.17, 15) is 22.4 Å². The molecule has 8 heteroatoms. The van der Waals surface area contributed by atoms with Crippen LogP contribution in [0.25, 0.3) is 0 Å². The maximum absolute atomic E-state index is 14.4. The summed E-state index contributed by atoms with van der Waals surface area (Å²) < 4.78 is 52.7. The van der Waals surface area contributed by atoms with Gasteiger partial charge in [-0.25, -0.2) is 4.39 Å². The van der Waals surface area contributed by atoms with Crippen molar-refractivity contribution in [2.45, 2.75) is 31.1 Å². The number of hydrogen-bond acceptors (Lipinski definition) is 2. The molecule has 0 unspecified atom stereocenters. The highest BCUT2D eigenvalue weighted by molar-refractivity contribution is 6.30. The van der Waals surface area contributed by atoms with E-state index in [1.807, 2.05) is 4.90 Å². The molecule has 0 atom stereocenters. The van der Waals surface area contributed by atoms with E-state index < -0.39 is 23.1 Å². The fraction of sp³-hybridized carbons (Fsp3) is 0.286. The van der Waals surface area contributed by atoms with E-state index >= 15 is 0 Å². The van der Waals surface area contributed by atoms with Gasteiger partial charge in [0.25, 0.3) is 5.91 Å². The van der Waals surface area contributed by atoms with Gasteiger partial charge in [0.15, 0.2) is 0 Å². The molecule has 152 valence electrons. The Bertz CT molecular complexity index is 983. The third-order valence-corrected chi connectivity index (χ3v) is 5.66. The van der Waals surface area contributed by atoms with E-state index in [4.69, 9.17) is 11.6 Å². The first kappa shape index (κ1) is 19.8. The first-order chi connectivity index (χ1) is 13.6. The van der Waals surface area contributed by atoms with Gasteiger partial charge in [-0.05, 0) is 48.7 Å². The number of alkyl halides is 3. The van der Waals surface area contributed by atoms with Gasteiger partial charge in [-0.2, -0.15) is 13.2 Å². The molecule has 1 aliphatic heterocycles. The molecule has 2 aliphatic rings. The van der Waals surface area contributed by atoms with Crippen LogP contribution in [0.3, 0.4) is 0 Å². The lowest BCUT2D eigenvalue weighted by Crippen LogP contribution is -2.57. The third-order valence-electron chi connectivity index (χ3n) is 5.43. The molecule has 1 saturated heterocycles. The summed E-state index contributed by atoms with van der Waals surface area (Å²) in [6.07, 6.45) is -3.24. The number of nitrogens with zero attached hydrogens (tertiary/aromatic N) is 2. The van der Waals surface area contributed by atoms with Crippen LogP contribution in [0.2, 0.25) is 5.02 Å². The summed E-state index contributed by atoms with van der Waals surface area (Å²) in [6.45, 7) is 4.41. The van der Waals surface area contributed by atoms with Gasteiger partial charge in [0.05, 0.1) is 17.8 Å². The molecule has 2 fully saturated rings. The standard InChI is InChI=1S/C21H17ClF4N2O/c1-13-11-27(18-7-6-16(22)10-17(18)23)19(29)20(8-9-20)28(13)12-14-2-4-15(5-3-14)21(24,25)26/h2-7,10H,1,8-9,11-12H2. The van der Waals surface area contributed by atoms with E-state index in [-0.39, 0.29) is 29.7 Å². The van der Waals surface area contributed by atoms with Crippen LogP contribution in [0.4, 0.5) is 23.2 Å². The van der Waals surface area contributed by atoms with E-state index in [0.29, 0.717) is 24.1 Å². The zero-order valence-corrected chi connectivity index (χ0v) is 16.0. The lowest BCUT2D eigenvalue weighted by atomic mass is 10.0. The van der Waals surface area contributed by atoms with Crippen LogP contribution >= 0.6 is 11.6 Å². The van der Waals surface area contributed by atoms with E-state index in [1.54, 1.807) is 0 Å². The number of carbonyl (C=O) groups excluding carboxylic acids is 1. The second-order valence-electron chi connectivity index (χ2n) is 7.37. The monoisotopic (exact) mass is 424 g/mol. The van der Waals surface area contributed by atoms with Crippen LogP contribution in [0, 0.1) is 5.82 Å². The minimum Gasteiger partial charge on any atom is -0.355 e. The molecular formula is C21H17ClF4N2O. The molecule has 0 radical (unpaired) electrons. The number of rotatable bonds is 3. The zero-order chi connectivity index (χ0) is 21.0.